The number of carboxylic acid groups (broad SMARTS) is 1. The highest BCUT2D eigenvalue weighted by Gasteiger charge is 2.25. The Hall–Kier alpha value is -2.05. The van der Waals surface area contributed by atoms with Crippen LogP contribution in [0.1, 0.15) is 18.7 Å². The predicted octanol–water partition coefficient (Wildman–Crippen LogP) is 4.14. The van der Waals surface area contributed by atoms with Crippen LogP contribution in [0.3, 0.4) is 0 Å². The number of benzene rings is 1. The Kier molecular flexibility index (Phi) is 5.30. The summed E-state index contributed by atoms with van der Waals surface area (Å²) < 4.78 is 0. The molecule has 0 bridgehead atoms. The summed E-state index contributed by atoms with van der Waals surface area (Å²) in [5, 5.41) is 13.4. The van der Waals surface area contributed by atoms with Crippen molar-refractivity contribution in [3.8, 4) is 0 Å². The fourth-order valence-corrected chi connectivity index (χ4v) is 3.43. The molecule has 1 aliphatic rings. The third-order valence-electron chi connectivity index (χ3n) is 4.13. The summed E-state index contributed by atoms with van der Waals surface area (Å²) in [5.74, 6) is 1.06. The molecule has 1 saturated heterocycles. The lowest BCUT2D eigenvalue weighted by molar-refractivity contribution is -0.142. The molecule has 0 aliphatic carbocycles. The number of nitrogens with zero attached hydrogens (tertiary/aromatic N) is 3. The number of aryl methyl sites for hydroxylation is 1. The van der Waals surface area contributed by atoms with Crippen LogP contribution in [-0.2, 0) is 4.79 Å². The van der Waals surface area contributed by atoms with E-state index in [0.717, 1.165) is 11.5 Å². The van der Waals surface area contributed by atoms with Crippen LogP contribution < -0.4 is 10.2 Å². The third-order valence-corrected chi connectivity index (χ3v) is 4.56. The second-order valence-corrected chi connectivity index (χ2v) is 6.91. The Morgan fingerprint density at radius 3 is 2.40 bits per heavy atom. The van der Waals surface area contributed by atoms with E-state index < -0.39 is 5.97 Å². The maximum Gasteiger partial charge on any atom is 0.306 e. The Bertz CT molecular complexity index is 772. The average Bonchev–Trinajstić information content (AvgIpc) is 2.53. The summed E-state index contributed by atoms with van der Waals surface area (Å²) in [7, 11) is 0. The molecule has 0 amide bonds. The minimum atomic E-state index is -0.723. The molecule has 8 heteroatoms. The molecule has 0 atom stereocenters. The average molecular weight is 381 g/mol. The van der Waals surface area contributed by atoms with Crippen molar-refractivity contribution < 1.29 is 9.90 Å². The highest BCUT2D eigenvalue weighted by atomic mass is 35.5. The molecular formula is C17H18Cl2N4O2. The normalized spacial score (nSPS) is 15.2. The lowest BCUT2D eigenvalue weighted by Crippen LogP contribution is -2.36. The zero-order chi connectivity index (χ0) is 18.0. The monoisotopic (exact) mass is 380 g/mol. The van der Waals surface area contributed by atoms with Gasteiger partial charge in [-0.25, -0.2) is 9.97 Å². The van der Waals surface area contributed by atoms with E-state index in [0.29, 0.717) is 47.6 Å². The molecule has 0 spiro atoms. The highest BCUT2D eigenvalue weighted by Crippen LogP contribution is 2.27. The van der Waals surface area contributed by atoms with Gasteiger partial charge in [0.2, 0.25) is 0 Å². The third kappa shape index (κ3) is 4.52. The van der Waals surface area contributed by atoms with Crippen molar-refractivity contribution in [2.45, 2.75) is 19.8 Å². The number of hydrogen-bond acceptors (Lipinski definition) is 5. The van der Waals surface area contributed by atoms with Gasteiger partial charge in [-0.1, -0.05) is 23.2 Å². The van der Waals surface area contributed by atoms with Gasteiger partial charge in [0.05, 0.1) is 5.92 Å². The first-order valence-corrected chi connectivity index (χ1v) is 8.73. The maximum atomic E-state index is 11.1. The Morgan fingerprint density at radius 1 is 1.16 bits per heavy atom. The van der Waals surface area contributed by atoms with Gasteiger partial charge >= 0.3 is 5.97 Å². The van der Waals surface area contributed by atoms with Gasteiger partial charge in [-0.05, 0) is 38.0 Å². The molecule has 1 aliphatic heterocycles. The van der Waals surface area contributed by atoms with E-state index in [1.165, 1.54) is 0 Å². The van der Waals surface area contributed by atoms with Gasteiger partial charge in [0.25, 0.3) is 0 Å². The summed E-state index contributed by atoms with van der Waals surface area (Å²) in [6.45, 7) is 3.15. The van der Waals surface area contributed by atoms with Gasteiger partial charge in [-0.15, -0.1) is 0 Å². The molecule has 2 aromatic rings. The second kappa shape index (κ2) is 7.45. The van der Waals surface area contributed by atoms with E-state index in [1.54, 1.807) is 18.2 Å². The summed E-state index contributed by atoms with van der Waals surface area (Å²) in [6, 6.07) is 7.05. The lowest BCUT2D eigenvalue weighted by atomic mass is 9.97. The summed E-state index contributed by atoms with van der Waals surface area (Å²) in [6.07, 6.45) is 1.23. The van der Waals surface area contributed by atoms with Crippen molar-refractivity contribution in [2.24, 2.45) is 5.92 Å². The number of carboxylic acids is 1. The van der Waals surface area contributed by atoms with Crippen LogP contribution in [0.25, 0.3) is 0 Å². The first kappa shape index (κ1) is 17.8. The number of hydrogen-bond donors (Lipinski definition) is 2. The number of anilines is 3. The van der Waals surface area contributed by atoms with Crippen molar-refractivity contribution in [1.29, 1.82) is 0 Å². The molecule has 6 nitrogen and oxygen atoms in total. The molecule has 1 aromatic heterocycles. The molecule has 0 saturated carbocycles. The van der Waals surface area contributed by atoms with Crippen molar-refractivity contribution in [3.05, 3.63) is 40.1 Å². The van der Waals surface area contributed by atoms with E-state index in [2.05, 4.69) is 20.2 Å². The van der Waals surface area contributed by atoms with Crippen LogP contribution >= 0.6 is 23.2 Å². The van der Waals surface area contributed by atoms with Crippen LogP contribution in [0.5, 0.6) is 0 Å². The molecule has 2 N–H and O–H groups in total. The molecule has 0 radical (unpaired) electrons. The molecule has 0 unspecified atom stereocenters. The van der Waals surface area contributed by atoms with Gasteiger partial charge < -0.3 is 15.3 Å². The predicted molar refractivity (Wildman–Crippen MR) is 99.1 cm³/mol. The fraction of sp³-hybridized carbons (Fsp3) is 0.353. The Labute approximate surface area is 155 Å². The summed E-state index contributed by atoms with van der Waals surface area (Å²) >= 11 is 12.1. The van der Waals surface area contributed by atoms with Crippen LogP contribution in [0, 0.1) is 12.8 Å². The molecular weight excluding hydrogens is 363 g/mol. The number of aliphatic carboxylic acids is 1. The molecule has 25 heavy (non-hydrogen) atoms. The number of carbonyl (C=O) groups is 1. The second-order valence-electron chi connectivity index (χ2n) is 6.04. The number of halogens is 2. The van der Waals surface area contributed by atoms with E-state index in [9.17, 15) is 4.79 Å². The first-order valence-electron chi connectivity index (χ1n) is 7.97. The topological polar surface area (TPSA) is 78.4 Å². The molecule has 1 aromatic carbocycles. The van der Waals surface area contributed by atoms with Crippen molar-refractivity contribution >= 4 is 46.5 Å². The standard InChI is InChI=1S/C17H18Cl2N4O2/c1-10-20-15(22-14-7-12(18)6-13(19)8-14)9-16(21-10)23-4-2-11(3-5-23)17(24)25/h6-9,11H,2-5H2,1H3,(H,24,25)(H,20,21,22). The molecule has 132 valence electrons. The largest absolute Gasteiger partial charge is 0.481 e. The van der Waals surface area contributed by atoms with Crippen LogP contribution in [-0.4, -0.2) is 34.1 Å². The smallest absolute Gasteiger partial charge is 0.306 e. The van der Waals surface area contributed by atoms with Crippen LogP contribution in [0.15, 0.2) is 24.3 Å². The van der Waals surface area contributed by atoms with Gasteiger partial charge in [0.15, 0.2) is 0 Å². The number of aromatic nitrogens is 2. The van der Waals surface area contributed by atoms with Crippen molar-refractivity contribution in [3.63, 3.8) is 0 Å². The van der Waals surface area contributed by atoms with Gasteiger partial charge in [-0.3, -0.25) is 4.79 Å². The number of rotatable bonds is 4. The number of nitrogens with one attached hydrogen (secondary N) is 1. The van der Waals surface area contributed by atoms with Gasteiger partial charge in [0.1, 0.15) is 17.5 Å². The SMILES string of the molecule is Cc1nc(Nc2cc(Cl)cc(Cl)c2)cc(N2CCC(C(=O)O)CC2)n1. The minimum absolute atomic E-state index is 0.273. The van der Waals surface area contributed by atoms with Gasteiger partial charge in [-0.2, -0.15) is 0 Å². The zero-order valence-corrected chi connectivity index (χ0v) is 15.2. The quantitative estimate of drug-likeness (QED) is 0.829. The maximum absolute atomic E-state index is 11.1. The van der Waals surface area contributed by atoms with Crippen molar-refractivity contribution in [2.75, 3.05) is 23.3 Å². The molecule has 1 fully saturated rings. The molecule has 2 heterocycles. The zero-order valence-electron chi connectivity index (χ0n) is 13.7. The first-order chi connectivity index (χ1) is 11.9. The highest BCUT2D eigenvalue weighted by molar-refractivity contribution is 6.35. The fourth-order valence-electron chi connectivity index (χ4n) is 2.91. The minimum Gasteiger partial charge on any atom is -0.481 e. The number of piperidine rings is 1. The Morgan fingerprint density at radius 2 is 1.80 bits per heavy atom. The van der Waals surface area contributed by atoms with Crippen LogP contribution in [0.2, 0.25) is 10.0 Å². The Balaban J connectivity index is 1.78. The van der Waals surface area contributed by atoms with E-state index in [1.807, 2.05) is 13.0 Å². The summed E-state index contributed by atoms with van der Waals surface area (Å²) in [5.41, 5.74) is 0.742. The van der Waals surface area contributed by atoms with E-state index in [4.69, 9.17) is 28.3 Å². The lowest BCUT2D eigenvalue weighted by Gasteiger charge is -2.31. The molecule has 3 rings (SSSR count). The van der Waals surface area contributed by atoms with E-state index in [-0.39, 0.29) is 5.92 Å². The van der Waals surface area contributed by atoms with E-state index >= 15 is 0 Å². The van der Waals surface area contributed by atoms with Crippen molar-refractivity contribution in [1.82, 2.24) is 9.97 Å². The summed E-state index contributed by atoms with van der Waals surface area (Å²) in [4.78, 5) is 22.1. The van der Waals surface area contributed by atoms with Crippen LogP contribution in [0.4, 0.5) is 17.3 Å². The van der Waals surface area contributed by atoms with Gasteiger partial charge in [0, 0.05) is 34.9 Å².